The summed E-state index contributed by atoms with van der Waals surface area (Å²) in [5.41, 5.74) is 4.07. The molecule has 0 spiro atoms. The number of aromatic amines is 1. The van der Waals surface area contributed by atoms with Gasteiger partial charge >= 0.3 is 5.97 Å². The van der Waals surface area contributed by atoms with E-state index in [0.29, 0.717) is 17.3 Å². The van der Waals surface area contributed by atoms with Crippen molar-refractivity contribution in [2.45, 2.75) is 6.92 Å². The maximum atomic E-state index is 10.9. The lowest BCUT2D eigenvalue weighted by Crippen LogP contribution is -1.94. The smallest absolute Gasteiger partial charge is 0.335 e. The molecule has 0 saturated heterocycles. The van der Waals surface area contributed by atoms with Gasteiger partial charge in [-0.15, -0.1) is 0 Å². The molecule has 2 heterocycles. The summed E-state index contributed by atoms with van der Waals surface area (Å²) >= 11 is 0. The average molecular weight is 318 g/mol. The molecule has 4 aromatic rings. The summed E-state index contributed by atoms with van der Waals surface area (Å²) < 4.78 is 5.87. The van der Waals surface area contributed by atoms with Crippen molar-refractivity contribution in [3.05, 3.63) is 65.7 Å². The highest BCUT2D eigenvalue weighted by Gasteiger charge is 2.11. The van der Waals surface area contributed by atoms with E-state index in [0.717, 1.165) is 22.2 Å². The van der Waals surface area contributed by atoms with Crippen LogP contribution in [-0.2, 0) is 0 Å². The fourth-order valence-corrected chi connectivity index (χ4v) is 2.63. The molecule has 0 amide bonds. The Labute approximate surface area is 137 Å². The van der Waals surface area contributed by atoms with Crippen LogP contribution in [0, 0.1) is 6.92 Å². The molecule has 0 aliphatic carbocycles. The van der Waals surface area contributed by atoms with Gasteiger partial charge in [0.2, 0.25) is 0 Å². The first-order chi connectivity index (χ1) is 11.6. The van der Waals surface area contributed by atoms with E-state index in [2.05, 4.69) is 9.97 Å². The van der Waals surface area contributed by atoms with Crippen LogP contribution in [0.5, 0.6) is 0 Å². The average Bonchev–Trinajstić information content (AvgIpc) is 3.21. The zero-order chi connectivity index (χ0) is 16.7. The molecule has 0 aliphatic rings. The van der Waals surface area contributed by atoms with Crippen LogP contribution in [-0.4, -0.2) is 21.0 Å². The van der Waals surface area contributed by atoms with Crippen molar-refractivity contribution >= 4 is 17.0 Å². The molecule has 2 N–H and O–H groups in total. The number of carboxylic acids is 1. The number of imidazole rings is 1. The number of benzene rings is 2. The molecule has 118 valence electrons. The van der Waals surface area contributed by atoms with Crippen LogP contribution in [0.4, 0.5) is 0 Å². The molecule has 0 atom stereocenters. The monoisotopic (exact) mass is 318 g/mol. The number of aryl methyl sites for hydroxylation is 1. The first kappa shape index (κ1) is 14.3. The summed E-state index contributed by atoms with van der Waals surface area (Å²) in [6.45, 7) is 2.03. The lowest BCUT2D eigenvalue weighted by atomic mass is 10.1. The number of hydrogen-bond acceptors (Lipinski definition) is 3. The Morgan fingerprint density at radius 2 is 1.79 bits per heavy atom. The number of rotatable bonds is 3. The first-order valence-corrected chi connectivity index (χ1v) is 7.50. The fourth-order valence-electron chi connectivity index (χ4n) is 2.63. The Hall–Kier alpha value is -3.34. The van der Waals surface area contributed by atoms with Crippen molar-refractivity contribution in [3.8, 4) is 22.9 Å². The van der Waals surface area contributed by atoms with Gasteiger partial charge in [-0.1, -0.05) is 18.2 Å². The molecule has 0 aliphatic heterocycles. The first-order valence-electron chi connectivity index (χ1n) is 7.50. The summed E-state index contributed by atoms with van der Waals surface area (Å²) in [5, 5.41) is 8.95. The summed E-state index contributed by atoms with van der Waals surface area (Å²) in [6, 6.07) is 16.3. The number of nitrogens with one attached hydrogen (secondary N) is 1. The van der Waals surface area contributed by atoms with Crippen LogP contribution in [0.3, 0.4) is 0 Å². The van der Waals surface area contributed by atoms with Crippen LogP contribution >= 0.6 is 0 Å². The van der Waals surface area contributed by atoms with E-state index in [1.807, 2.05) is 37.3 Å². The van der Waals surface area contributed by atoms with Gasteiger partial charge < -0.3 is 14.5 Å². The third-order valence-electron chi connectivity index (χ3n) is 3.89. The Kier molecular flexibility index (Phi) is 3.20. The zero-order valence-electron chi connectivity index (χ0n) is 12.9. The van der Waals surface area contributed by atoms with E-state index in [1.54, 1.807) is 24.3 Å². The second-order valence-corrected chi connectivity index (χ2v) is 5.65. The van der Waals surface area contributed by atoms with Crippen molar-refractivity contribution in [2.24, 2.45) is 0 Å². The summed E-state index contributed by atoms with van der Waals surface area (Å²) in [7, 11) is 0. The molecule has 5 heteroatoms. The van der Waals surface area contributed by atoms with Crippen LogP contribution in [0.15, 0.2) is 59.0 Å². The standard InChI is InChI=1S/C19H14N2O3/c1-11-2-7-14-15(10-11)21-18(20-14)17-9-8-16(24-17)12-3-5-13(6-4-12)19(22)23/h2-10H,1H3,(H,20,21)(H,22,23). The molecular formula is C19H14N2O3. The third kappa shape index (κ3) is 2.46. The second-order valence-electron chi connectivity index (χ2n) is 5.65. The molecule has 0 radical (unpaired) electrons. The van der Waals surface area contributed by atoms with Gasteiger partial charge in [0.15, 0.2) is 11.6 Å². The highest BCUT2D eigenvalue weighted by molar-refractivity contribution is 5.88. The van der Waals surface area contributed by atoms with Gasteiger partial charge in [0.05, 0.1) is 16.6 Å². The SMILES string of the molecule is Cc1ccc2[nH]c(-c3ccc(-c4ccc(C(=O)O)cc4)o3)nc2c1. The maximum absolute atomic E-state index is 10.9. The van der Waals surface area contributed by atoms with Crippen molar-refractivity contribution in [3.63, 3.8) is 0 Å². The molecule has 2 aromatic heterocycles. The predicted molar refractivity (Wildman–Crippen MR) is 90.9 cm³/mol. The number of nitrogens with zero attached hydrogens (tertiary/aromatic N) is 1. The van der Waals surface area contributed by atoms with Crippen LogP contribution < -0.4 is 0 Å². The minimum absolute atomic E-state index is 0.248. The van der Waals surface area contributed by atoms with Crippen molar-refractivity contribution in [1.29, 1.82) is 0 Å². The number of H-pyrrole nitrogens is 1. The van der Waals surface area contributed by atoms with Crippen LogP contribution in [0.2, 0.25) is 0 Å². The third-order valence-corrected chi connectivity index (χ3v) is 3.89. The van der Waals surface area contributed by atoms with Gasteiger partial charge in [0, 0.05) is 5.56 Å². The highest BCUT2D eigenvalue weighted by Crippen LogP contribution is 2.28. The lowest BCUT2D eigenvalue weighted by Gasteiger charge is -1.98. The Morgan fingerprint density at radius 1 is 1.04 bits per heavy atom. The van der Waals surface area contributed by atoms with Crippen molar-refractivity contribution in [1.82, 2.24) is 9.97 Å². The molecular weight excluding hydrogens is 304 g/mol. The zero-order valence-corrected chi connectivity index (χ0v) is 12.9. The molecule has 24 heavy (non-hydrogen) atoms. The van der Waals surface area contributed by atoms with Gasteiger partial charge in [0.1, 0.15) is 5.76 Å². The number of carbonyl (C=O) groups is 1. The topological polar surface area (TPSA) is 79.1 Å². The number of fused-ring (bicyclic) bond motifs is 1. The number of furan rings is 1. The number of hydrogen-bond donors (Lipinski definition) is 2. The van der Waals surface area contributed by atoms with E-state index in [9.17, 15) is 4.79 Å². The van der Waals surface area contributed by atoms with Crippen LogP contribution in [0.25, 0.3) is 33.9 Å². The molecule has 4 rings (SSSR count). The highest BCUT2D eigenvalue weighted by atomic mass is 16.4. The van der Waals surface area contributed by atoms with Gasteiger partial charge in [0.25, 0.3) is 0 Å². The van der Waals surface area contributed by atoms with E-state index in [-0.39, 0.29) is 5.56 Å². The largest absolute Gasteiger partial charge is 0.478 e. The minimum Gasteiger partial charge on any atom is -0.478 e. The van der Waals surface area contributed by atoms with E-state index in [4.69, 9.17) is 9.52 Å². The molecule has 0 bridgehead atoms. The molecule has 0 fully saturated rings. The minimum atomic E-state index is -0.945. The lowest BCUT2D eigenvalue weighted by molar-refractivity contribution is 0.0697. The van der Waals surface area contributed by atoms with Gasteiger partial charge in [-0.05, 0) is 48.9 Å². The Morgan fingerprint density at radius 3 is 2.54 bits per heavy atom. The number of aromatic carboxylic acids is 1. The Balaban J connectivity index is 1.69. The normalized spacial score (nSPS) is 11.0. The molecule has 0 unspecified atom stereocenters. The summed E-state index contributed by atoms with van der Waals surface area (Å²) in [5.74, 6) is 1.03. The fraction of sp³-hybridized carbons (Fsp3) is 0.0526. The predicted octanol–water partition coefficient (Wildman–Crippen LogP) is 4.50. The second kappa shape index (κ2) is 5.38. The van der Waals surface area contributed by atoms with Gasteiger partial charge in [-0.3, -0.25) is 0 Å². The van der Waals surface area contributed by atoms with Crippen molar-refractivity contribution < 1.29 is 14.3 Å². The summed E-state index contributed by atoms with van der Waals surface area (Å²) in [4.78, 5) is 18.7. The number of aromatic nitrogens is 2. The molecule has 5 nitrogen and oxygen atoms in total. The van der Waals surface area contributed by atoms with Gasteiger partial charge in [-0.2, -0.15) is 0 Å². The van der Waals surface area contributed by atoms with E-state index < -0.39 is 5.97 Å². The summed E-state index contributed by atoms with van der Waals surface area (Å²) in [6.07, 6.45) is 0. The van der Waals surface area contributed by atoms with E-state index >= 15 is 0 Å². The van der Waals surface area contributed by atoms with Crippen LogP contribution in [0.1, 0.15) is 15.9 Å². The molecule has 0 saturated carbocycles. The maximum Gasteiger partial charge on any atom is 0.335 e. The number of carboxylic acid groups (broad SMARTS) is 1. The molecule has 2 aromatic carbocycles. The van der Waals surface area contributed by atoms with Crippen molar-refractivity contribution in [2.75, 3.05) is 0 Å². The van der Waals surface area contributed by atoms with Gasteiger partial charge in [-0.25, -0.2) is 9.78 Å². The quantitative estimate of drug-likeness (QED) is 0.583. The Bertz CT molecular complexity index is 1040. The van der Waals surface area contributed by atoms with E-state index in [1.165, 1.54) is 0 Å².